The van der Waals surface area contributed by atoms with Crippen LogP contribution in [-0.4, -0.2) is 22.1 Å². The second-order valence-corrected chi connectivity index (χ2v) is 3.50. The first-order valence-electron chi connectivity index (χ1n) is 4.33. The van der Waals surface area contributed by atoms with Crippen molar-refractivity contribution in [1.29, 1.82) is 0 Å². The molecule has 13 heavy (non-hydrogen) atoms. The van der Waals surface area contributed by atoms with Gasteiger partial charge in [-0.15, -0.1) is 0 Å². The predicted molar refractivity (Wildman–Crippen MR) is 49.2 cm³/mol. The molecule has 0 heterocycles. The lowest BCUT2D eigenvalue weighted by atomic mass is 9.86. The highest BCUT2D eigenvalue weighted by Crippen LogP contribution is 2.22. The van der Waals surface area contributed by atoms with Crippen LogP contribution in [0.15, 0.2) is 24.0 Å². The number of hydrogen-bond acceptors (Lipinski definition) is 3. The van der Waals surface area contributed by atoms with Crippen LogP contribution in [0.25, 0.3) is 0 Å². The summed E-state index contributed by atoms with van der Waals surface area (Å²) in [7, 11) is 0. The summed E-state index contributed by atoms with van der Waals surface area (Å²) in [6.45, 7) is 3.50. The maximum absolute atomic E-state index is 11.5. The van der Waals surface area contributed by atoms with E-state index >= 15 is 0 Å². The lowest BCUT2D eigenvalue weighted by molar-refractivity contribution is -0.128. The zero-order chi connectivity index (χ0) is 10.0. The quantitative estimate of drug-likeness (QED) is 0.674. The molecule has 0 aromatic carbocycles. The van der Waals surface area contributed by atoms with Crippen LogP contribution in [0, 0.1) is 11.8 Å². The van der Waals surface area contributed by atoms with Crippen LogP contribution in [0.4, 0.5) is 0 Å². The maximum Gasteiger partial charge on any atom is 0.148 e. The Morgan fingerprint density at radius 1 is 1.54 bits per heavy atom. The van der Waals surface area contributed by atoms with Crippen LogP contribution in [0.2, 0.25) is 0 Å². The van der Waals surface area contributed by atoms with Gasteiger partial charge in [0.25, 0.3) is 0 Å². The standard InChI is InChI=1S/C10H14O3/c1-6(2)10(13)9-7(11)4-3-5-8(9)12/h3-7,9,11-12H,1-2H3. The van der Waals surface area contributed by atoms with Crippen molar-refractivity contribution in [3.8, 4) is 0 Å². The summed E-state index contributed by atoms with van der Waals surface area (Å²) in [4.78, 5) is 11.5. The van der Waals surface area contributed by atoms with Gasteiger partial charge in [0.05, 0.1) is 6.10 Å². The number of Topliss-reactive ketones (excluding diaryl/α,β-unsaturated/α-hetero) is 1. The summed E-state index contributed by atoms with van der Waals surface area (Å²) >= 11 is 0. The first kappa shape index (κ1) is 9.99. The first-order chi connectivity index (χ1) is 6.04. The largest absolute Gasteiger partial charge is 0.511 e. The van der Waals surface area contributed by atoms with Crippen LogP contribution in [-0.2, 0) is 4.79 Å². The van der Waals surface area contributed by atoms with Crippen LogP contribution in [0.1, 0.15) is 13.8 Å². The van der Waals surface area contributed by atoms with Gasteiger partial charge in [-0.3, -0.25) is 4.79 Å². The van der Waals surface area contributed by atoms with Crippen LogP contribution in [0.5, 0.6) is 0 Å². The van der Waals surface area contributed by atoms with Crippen LogP contribution in [0.3, 0.4) is 0 Å². The van der Waals surface area contributed by atoms with Gasteiger partial charge < -0.3 is 10.2 Å². The van der Waals surface area contributed by atoms with E-state index in [0.717, 1.165) is 0 Å². The molecule has 0 spiro atoms. The van der Waals surface area contributed by atoms with E-state index in [1.807, 2.05) is 0 Å². The second kappa shape index (κ2) is 3.75. The van der Waals surface area contributed by atoms with Gasteiger partial charge in [0.1, 0.15) is 17.5 Å². The van der Waals surface area contributed by atoms with E-state index in [4.69, 9.17) is 0 Å². The molecule has 2 atom stereocenters. The Balaban J connectivity index is 2.85. The number of allylic oxidation sites excluding steroid dienone is 2. The van der Waals surface area contributed by atoms with E-state index < -0.39 is 12.0 Å². The lowest BCUT2D eigenvalue weighted by Crippen LogP contribution is -2.32. The molecular weight excluding hydrogens is 168 g/mol. The fraction of sp³-hybridized carbons (Fsp3) is 0.500. The van der Waals surface area contributed by atoms with E-state index in [2.05, 4.69) is 0 Å². The molecule has 3 heteroatoms. The molecule has 0 amide bonds. The highest BCUT2D eigenvalue weighted by atomic mass is 16.3. The zero-order valence-corrected chi connectivity index (χ0v) is 7.77. The van der Waals surface area contributed by atoms with Crippen molar-refractivity contribution in [1.82, 2.24) is 0 Å². The van der Waals surface area contributed by atoms with Crippen molar-refractivity contribution < 1.29 is 15.0 Å². The zero-order valence-electron chi connectivity index (χ0n) is 7.77. The third-order valence-electron chi connectivity index (χ3n) is 2.11. The van der Waals surface area contributed by atoms with E-state index in [9.17, 15) is 15.0 Å². The molecule has 1 aliphatic rings. The van der Waals surface area contributed by atoms with E-state index in [0.29, 0.717) is 0 Å². The van der Waals surface area contributed by atoms with Gasteiger partial charge in [-0.25, -0.2) is 0 Å². The molecule has 0 aliphatic heterocycles. The minimum absolute atomic E-state index is 0.0475. The number of carbonyl (C=O) groups excluding carboxylic acids is 1. The van der Waals surface area contributed by atoms with Crippen molar-refractivity contribution in [2.24, 2.45) is 11.8 Å². The molecule has 3 nitrogen and oxygen atoms in total. The summed E-state index contributed by atoms with van der Waals surface area (Å²) in [6.07, 6.45) is 3.60. The number of aliphatic hydroxyl groups is 2. The third kappa shape index (κ3) is 1.98. The number of ketones is 1. The smallest absolute Gasteiger partial charge is 0.148 e. The number of aliphatic hydroxyl groups excluding tert-OH is 2. The monoisotopic (exact) mass is 182 g/mol. The average Bonchev–Trinajstić information content (AvgIpc) is 2.03. The number of carbonyl (C=O) groups is 1. The summed E-state index contributed by atoms with van der Waals surface area (Å²) in [5.41, 5.74) is 0. The normalized spacial score (nSPS) is 27.5. The van der Waals surface area contributed by atoms with E-state index in [-0.39, 0.29) is 17.5 Å². The molecule has 1 aliphatic carbocycles. The van der Waals surface area contributed by atoms with Crippen molar-refractivity contribution in [2.45, 2.75) is 20.0 Å². The number of rotatable bonds is 2. The van der Waals surface area contributed by atoms with Gasteiger partial charge in [0, 0.05) is 5.92 Å². The molecule has 0 aromatic rings. The average molecular weight is 182 g/mol. The van der Waals surface area contributed by atoms with Crippen LogP contribution >= 0.6 is 0 Å². The fourth-order valence-corrected chi connectivity index (χ4v) is 1.33. The van der Waals surface area contributed by atoms with Crippen LogP contribution < -0.4 is 0 Å². The minimum Gasteiger partial charge on any atom is -0.511 e. The van der Waals surface area contributed by atoms with Crippen molar-refractivity contribution in [3.63, 3.8) is 0 Å². The van der Waals surface area contributed by atoms with Crippen molar-refractivity contribution in [3.05, 3.63) is 24.0 Å². The molecule has 0 aromatic heterocycles. The van der Waals surface area contributed by atoms with E-state index in [1.165, 1.54) is 12.2 Å². The fourth-order valence-electron chi connectivity index (χ4n) is 1.33. The second-order valence-electron chi connectivity index (χ2n) is 3.50. The lowest BCUT2D eigenvalue weighted by Gasteiger charge is -2.22. The Morgan fingerprint density at radius 3 is 2.62 bits per heavy atom. The highest BCUT2D eigenvalue weighted by molar-refractivity contribution is 5.86. The Hall–Kier alpha value is -1.09. The molecule has 0 fully saturated rings. The summed E-state index contributed by atoms with van der Waals surface area (Å²) in [6, 6.07) is 0. The SMILES string of the molecule is CC(C)C(=O)C1C(O)=CC=CC1O. The van der Waals surface area contributed by atoms with Gasteiger partial charge in [0.2, 0.25) is 0 Å². The van der Waals surface area contributed by atoms with Crippen molar-refractivity contribution in [2.75, 3.05) is 0 Å². The molecule has 0 saturated carbocycles. The van der Waals surface area contributed by atoms with Gasteiger partial charge in [-0.1, -0.05) is 26.0 Å². The van der Waals surface area contributed by atoms with Crippen molar-refractivity contribution >= 4 is 5.78 Å². The van der Waals surface area contributed by atoms with Gasteiger partial charge >= 0.3 is 0 Å². The number of hydrogen-bond donors (Lipinski definition) is 2. The molecule has 0 bridgehead atoms. The van der Waals surface area contributed by atoms with Gasteiger partial charge in [0.15, 0.2) is 0 Å². The maximum atomic E-state index is 11.5. The summed E-state index contributed by atoms with van der Waals surface area (Å²) in [5.74, 6) is -1.13. The molecule has 2 N–H and O–H groups in total. The Labute approximate surface area is 77.4 Å². The molecule has 2 unspecified atom stereocenters. The highest BCUT2D eigenvalue weighted by Gasteiger charge is 2.31. The molecule has 0 radical (unpaired) electrons. The third-order valence-corrected chi connectivity index (χ3v) is 2.11. The van der Waals surface area contributed by atoms with Gasteiger partial charge in [-0.2, -0.15) is 0 Å². The molecule has 72 valence electrons. The first-order valence-corrected chi connectivity index (χ1v) is 4.33. The molecule has 1 rings (SSSR count). The Bertz CT molecular complexity index is 263. The summed E-state index contributed by atoms with van der Waals surface area (Å²) < 4.78 is 0. The predicted octanol–water partition coefficient (Wildman–Crippen LogP) is 1.20. The Kier molecular flexibility index (Phi) is 2.88. The Morgan fingerprint density at radius 2 is 2.15 bits per heavy atom. The van der Waals surface area contributed by atoms with Gasteiger partial charge in [-0.05, 0) is 6.08 Å². The summed E-state index contributed by atoms with van der Waals surface area (Å²) in [5, 5.41) is 18.8. The molecule has 0 saturated heterocycles. The minimum atomic E-state index is -0.889. The van der Waals surface area contributed by atoms with E-state index in [1.54, 1.807) is 19.9 Å². The molecular formula is C10H14O3. The topological polar surface area (TPSA) is 57.5 Å².